The molecule has 5 heteroatoms. The average molecular weight is 218 g/mol. The molecule has 0 saturated carbocycles. The van der Waals surface area contributed by atoms with E-state index in [9.17, 15) is 4.79 Å². The first-order chi connectivity index (χ1) is 7.79. The maximum atomic E-state index is 11.2. The largest absolute Gasteiger partial charge is 0.355 e. The van der Waals surface area contributed by atoms with Crippen molar-refractivity contribution in [2.24, 2.45) is 0 Å². The second-order valence-corrected chi connectivity index (χ2v) is 3.41. The van der Waals surface area contributed by atoms with Gasteiger partial charge in [-0.25, -0.2) is 4.98 Å². The molecule has 0 radical (unpaired) electrons. The van der Waals surface area contributed by atoms with Gasteiger partial charge in [0.25, 0.3) is 0 Å². The van der Waals surface area contributed by atoms with Gasteiger partial charge in [-0.15, -0.1) is 0 Å². The molecule has 0 fully saturated rings. The van der Waals surface area contributed by atoms with Crippen LogP contribution < -0.4 is 10.6 Å². The van der Waals surface area contributed by atoms with Crippen LogP contribution in [0.2, 0.25) is 0 Å². The van der Waals surface area contributed by atoms with Crippen molar-refractivity contribution in [3.63, 3.8) is 0 Å². The summed E-state index contributed by atoms with van der Waals surface area (Å²) < 4.78 is 0. The molecule has 0 unspecified atom stereocenters. The third-order valence-electron chi connectivity index (χ3n) is 2.18. The molecule has 0 aliphatic carbocycles. The fraction of sp³-hybridized carbons (Fsp3) is 0.273. The molecular formula is C11H14N4O. The van der Waals surface area contributed by atoms with Crippen LogP contribution in [0.1, 0.15) is 6.92 Å². The van der Waals surface area contributed by atoms with Gasteiger partial charge in [0, 0.05) is 6.54 Å². The smallest absolute Gasteiger partial charge is 0.239 e. The lowest BCUT2D eigenvalue weighted by atomic mass is 10.3. The fourth-order valence-electron chi connectivity index (χ4n) is 1.46. The van der Waals surface area contributed by atoms with E-state index in [1.165, 1.54) is 0 Å². The first-order valence-corrected chi connectivity index (χ1v) is 5.25. The van der Waals surface area contributed by atoms with E-state index in [0.717, 1.165) is 11.0 Å². The number of hydrogen-bond acceptors (Lipinski definition) is 3. The van der Waals surface area contributed by atoms with Crippen LogP contribution in [0.4, 0.5) is 5.95 Å². The van der Waals surface area contributed by atoms with E-state index in [1.807, 2.05) is 31.2 Å². The summed E-state index contributed by atoms with van der Waals surface area (Å²) in [6.45, 7) is 2.76. The lowest BCUT2D eigenvalue weighted by molar-refractivity contribution is -0.119. The first-order valence-electron chi connectivity index (χ1n) is 5.25. The van der Waals surface area contributed by atoms with Gasteiger partial charge in [-0.05, 0) is 19.1 Å². The number of nitrogens with one attached hydrogen (secondary N) is 3. The highest BCUT2D eigenvalue weighted by atomic mass is 16.1. The highest BCUT2D eigenvalue weighted by Crippen LogP contribution is 2.12. The van der Waals surface area contributed by atoms with Crippen LogP contribution in [0, 0.1) is 0 Å². The number of H-pyrrole nitrogens is 1. The Hall–Kier alpha value is -2.04. The van der Waals surface area contributed by atoms with E-state index >= 15 is 0 Å². The van der Waals surface area contributed by atoms with Crippen LogP contribution >= 0.6 is 0 Å². The first kappa shape index (κ1) is 10.5. The van der Waals surface area contributed by atoms with E-state index in [2.05, 4.69) is 20.6 Å². The van der Waals surface area contributed by atoms with Crippen LogP contribution in [-0.4, -0.2) is 29.0 Å². The van der Waals surface area contributed by atoms with Crippen LogP contribution in [0.3, 0.4) is 0 Å². The SMILES string of the molecule is CCNC(=O)CNc1nc2ccccc2[nH]1. The Bertz CT molecular complexity index is 458. The van der Waals surface area contributed by atoms with Gasteiger partial charge in [0.15, 0.2) is 0 Å². The number of carbonyl (C=O) groups is 1. The molecule has 3 N–H and O–H groups in total. The number of nitrogens with zero attached hydrogens (tertiary/aromatic N) is 1. The van der Waals surface area contributed by atoms with Crippen molar-refractivity contribution in [2.45, 2.75) is 6.92 Å². The summed E-state index contributed by atoms with van der Waals surface area (Å²) in [5, 5.41) is 5.65. The Balaban J connectivity index is 2.02. The molecule has 0 saturated heterocycles. The molecule has 0 spiro atoms. The summed E-state index contributed by atoms with van der Waals surface area (Å²) in [5.41, 5.74) is 1.85. The van der Waals surface area contributed by atoms with Gasteiger partial charge in [-0.1, -0.05) is 12.1 Å². The molecule has 1 heterocycles. The predicted octanol–water partition coefficient (Wildman–Crippen LogP) is 1.11. The molecular weight excluding hydrogens is 204 g/mol. The van der Waals surface area contributed by atoms with Gasteiger partial charge < -0.3 is 15.6 Å². The topological polar surface area (TPSA) is 69.8 Å². The van der Waals surface area contributed by atoms with E-state index in [0.29, 0.717) is 12.5 Å². The van der Waals surface area contributed by atoms with Crippen LogP contribution in [0.5, 0.6) is 0 Å². The molecule has 0 atom stereocenters. The van der Waals surface area contributed by atoms with Crippen molar-refractivity contribution >= 4 is 22.9 Å². The molecule has 1 aromatic carbocycles. The quantitative estimate of drug-likeness (QED) is 0.720. The normalized spacial score (nSPS) is 10.3. The van der Waals surface area contributed by atoms with Crippen LogP contribution in [-0.2, 0) is 4.79 Å². The van der Waals surface area contributed by atoms with Gasteiger partial charge >= 0.3 is 0 Å². The van der Waals surface area contributed by atoms with Crippen molar-refractivity contribution in [1.29, 1.82) is 0 Å². The average Bonchev–Trinajstić information content (AvgIpc) is 2.69. The number of anilines is 1. The lowest BCUT2D eigenvalue weighted by Gasteiger charge is -2.02. The Morgan fingerprint density at radius 2 is 2.25 bits per heavy atom. The zero-order valence-electron chi connectivity index (χ0n) is 9.08. The van der Waals surface area contributed by atoms with E-state index in [1.54, 1.807) is 0 Å². The molecule has 84 valence electrons. The van der Waals surface area contributed by atoms with Crippen LogP contribution in [0.15, 0.2) is 24.3 Å². The third-order valence-corrected chi connectivity index (χ3v) is 2.18. The molecule has 16 heavy (non-hydrogen) atoms. The lowest BCUT2D eigenvalue weighted by Crippen LogP contribution is -2.29. The predicted molar refractivity (Wildman–Crippen MR) is 63.3 cm³/mol. The summed E-state index contributed by atoms with van der Waals surface area (Å²) in [4.78, 5) is 18.6. The van der Waals surface area contributed by atoms with Gasteiger partial charge in [0.05, 0.1) is 17.6 Å². The standard InChI is InChI=1S/C11H14N4O/c1-2-12-10(16)7-13-11-14-8-5-3-4-6-9(8)15-11/h3-6H,2,7H2,1H3,(H,12,16)(H2,13,14,15). The minimum atomic E-state index is -0.0389. The maximum absolute atomic E-state index is 11.2. The number of likely N-dealkylation sites (N-methyl/N-ethyl adjacent to an activating group) is 1. The molecule has 2 aromatic rings. The Morgan fingerprint density at radius 1 is 1.44 bits per heavy atom. The van der Waals surface area contributed by atoms with Crippen molar-refractivity contribution in [1.82, 2.24) is 15.3 Å². The highest BCUT2D eigenvalue weighted by molar-refractivity contribution is 5.81. The number of aromatic nitrogens is 2. The summed E-state index contributed by atoms with van der Waals surface area (Å²) >= 11 is 0. The minimum Gasteiger partial charge on any atom is -0.355 e. The van der Waals surface area contributed by atoms with Gasteiger partial charge in [-0.2, -0.15) is 0 Å². The maximum Gasteiger partial charge on any atom is 0.239 e. The number of benzene rings is 1. The van der Waals surface area contributed by atoms with Crippen LogP contribution in [0.25, 0.3) is 11.0 Å². The number of carbonyl (C=O) groups excluding carboxylic acids is 1. The number of fused-ring (bicyclic) bond motifs is 1. The number of rotatable bonds is 4. The summed E-state index contributed by atoms with van der Waals surface area (Å²) in [6.07, 6.45) is 0. The Kier molecular flexibility index (Phi) is 3.05. The number of para-hydroxylation sites is 2. The number of aromatic amines is 1. The van der Waals surface area contributed by atoms with Gasteiger partial charge in [0.2, 0.25) is 11.9 Å². The van der Waals surface area contributed by atoms with E-state index in [4.69, 9.17) is 0 Å². The molecule has 5 nitrogen and oxygen atoms in total. The molecule has 0 aliphatic heterocycles. The highest BCUT2D eigenvalue weighted by Gasteiger charge is 2.03. The van der Waals surface area contributed by atoms with Gasteiger partial charge in [-0.3, -0.25) is 4.79 Å². The molecule has 2 rings (SSSR count). The zero-order valence-corrected chi connectivity index (χ0v) is 9.08. The molecule has 1 aromatic heterocycles. The number of amides is 1. The summed E-state index contributed by atoms with van der Waals surface area (Å²) in [5.74, 6) is 0.579. The van der Waals surface area contributed by atoms with Gasteiger partial charge in [0.1, 0.15) is 0 Å². The van der Waals surface area contributed by atoms with Crippen molar-refractivity contribution in [3.05, 3.63) is 24.3 Å². The second kappa shape index (κ2) is 4.65. The molecule has 0 bridgehead atoms. The third kappa shape index (κ3) is 2.31. The monoisotopic (exact) mass is 218 g/mol. The zero-order chi connectivity index (χ0) is 11.4. The number of imidazole rings is 1. The Morgan fingerprint density at radius 3 is 3.00 bits per heavy atom. The van der Waals surface area contributed by atoms with E-state index in [-0.39, 0.29) is 12.5 Å². The Labute approximate surface area is 93.3 Å². The van der Waals surface area contributed by atoms with Crippen molar-refractivity contribution < 1.29 is 4.79 Å². The second-order valence-electron chi connectivity index (χ2n) is 3.41. The number of hydrogen-bond donors (Lipinski definition) is 3. The molecule has 0 aliphatic rings. The van der Waals surface area contributed by atoms with Crippen molar-refractivity contribution in [3.8, 4) is 0 Å². The fourth-order valence-corrected chi connectivity index (χ4v) is 1.46. The minimum absolute atomic E-state index is 0.0389. The summed E-state index contributed by atoms with van der Waals surface area (Å²) in [7, 11) is 0. The molecule has 1 amide bonds. The van der Waals surface area contributed by atoms with Crippen molar-refractivity contribution in [2.75, 3.05) is 18.4 Å². The van der Waals surface area contributed by atoms with E-state index < -0.39 is 0 Å². The summed E-state index contributed by atoms with van der Waals surface area (Å²) in [6, 6.07) is 7.73.